The maximum atomic E-state index is 14.7. The number of hydrogen-bond donors (Lipinski definition) is 1. The van der Waals surface area contributed by atoms with Gasteiger partial charge in [-0.2, -0.15) is 0 Å². The molecule has 5 heteroatoms. The Bertz CT molecular complexity index is 767. The summed E-state index contributed by atoms with van der Waals surface area (Å²) < 4.78 is 20.2. The molecule has 114 valence electrons. The van der Waals surface area contributed by atoms with Gasteiger partial charge in [0.2, 0.25) is 0 Å². The van der Waals surface area contributed by atoms with Crippen molar-refractivity contribution in [3.8, 4) is 17.1 Å². The second kappa shape index (κ2) is 6.36. The molecule has 1 heterocycles. The number of fused-ring (bicyclic) bond motifs is 1. The fourth-order valence-electron chi connectivity index (χ4n) is 2.26. The summed E-state index contributed by atoms with van der Waals surface area (Å²) in [5.41, 5.74) is 1.85. The maximum Gasteiger partial charge on any atom is 0.177 e. The van der Waals surface area contributed by atoms with Gasteiger partial charge in [0.05, 0.1) is 28.2 Å². The molecule has 1 N–H and O–H groups in total. The first-order valence-electron chi connectivity index (χ1n) is 7.26. The summed E-state index contributed by atoms with van der Waals surface area (Å²) in [6.45, 7) is 2.54. The first-order valence-corrected chi connectivity index (χ1v) is 7.64. The predicted octanol–water partition coefficient (Wildman–Crippen LogP) is 5.20. The van der Waals surface area contributed by atoms with Crippen LogP contribution in [-0.2, 0) is 0 Å². The molecule has 2 aromatic carbocycles. The highest BCUT2D eigenvalue weighted by molar-refractivity contribution is 6.33. The van der Waals surface area contributed by atoms with E-state index in [1.54, 1.807) is 12.1 Å². The summed E-state index contributed by atoms with van der Waals surface area (Å²) in [6.07, 6.45) is 1.87. The zero-order chi connectivity index (χ0) is 15.5. The maximum absolute atomic E-state index is 14.7. The molecule has 3 aromatic rings. The summed E-state index contributed by atoms with van der Waals surface area (Å²) in [5.74, 6) is 0.126. The normalized spacial score (nSPS) is 11.0. The number of unbranched alkanes of at least 4 members (excludes halogenated alkanes) is 1. The van der Waals surface area contributed by atoms with E-state index < -0.39 is 5.82 Å². The van der Waals surface area contributed by atoms with Crippen LogP contribution in [0, 0.1) is 5.82 Å². The largest absolute Gasteiger partial charge is 0.490 e. The number of rotatable bonds is 5. The molecule has 0 radical (unpaired) electrons. The average Bonchev–Trinajstić information content (AvgIpc) is 2.93. The lowest BCUT2D eigenvalue weighted by Gasteiger charge is -2.10. The van der Waals surface area contributed by atoms with Gasteiger partial charge in [-0.15, -0.1) is 0 Å². The summed E-state index contributed by atoms with van der Waals surface area (Å²) in [5, 5.41) is 0.305. The molecule has 0 unspecified atom stereocenters. The van der Waals surface area contributed by atoms with Gasteiger partial charge in [-0.25, -0.2) is 9.37 Å². The van der Waals surface area contributed by atoms with Crippen molar-refractivity contribution in [1.29, 1.82) is 0 Å². The van der Waals surface area contributed by atoms with E-state index in [1.807, 2.05) is 24.3 Å². The molecule has 0 spiro atoms. The molecule has 0 aliphatic carbocycles. The van der Waals surface area contributed by atoms with E-state index >= 15 is 0 Å². The monoisotopic (exact) mass is 318 g/mol. The Morgan fingerprint density at radius 2 is 2.05 bits per heavy atom. The number of halogens is 2. The highest BCUT2D eigenvalue weighted by atomic mass is 35.5. The molecular formula is C17H16ClFN2O. The van der Waals surface area contributed by atoms with Crippen molar-refractivity contribution in [2.24, 2.45) is 0 Å². The third-order valence-corrected chi connectivity index (χ3v) is 3.75. The summed E-state index contributed by atoms with van der Waals surface area (Å²) in [4.78, 5) is 7.50. The Balaban J connectivity index is 2.03. The number of hydrogen-bond acceptors (Lipinski definition) is 2. The lowest BCUT2D eigenvalue weighted by atomic mass is 10.2. The summed E-state index contributed by atoms with van der Waals surface area (Å²) >= 11 is 6.17. The van der Waals surface area contributed by atoms with E-state index in [2.05, 4.69) is 16.9 Å². The fraction of sp³-hybridized carbons (Fsp3) is 0.235. The third-order valence-electron chi connectivity index (χ3n) is 3.44. The number of H-pyrrole nitrogens is 1. The van der Waals surface area contributed by atoms with E-state index in [0.717, 1.165) is 23.9 Å². The van der Waals surface area contributed by atoms with Crippen molar-refractivity contribution in [1.82, 2.24) is 9.97 Å². The van der Waals surface area contributed by atoms with Crippen LogP contribution >= 0.6 is 11.6 Å². The second-order valence-electron chi connectivity index (χ2n) is 5.04. The molecule has 0 saturated carbocycles. The molecule has 0 atom stereocenters. The molecule has 0 aliphatic rings. The minimum absolute atomic E-state index is 0.202. The zero-order valence-corrected chi connectivity index (χ0v) is 13.0. The summed E-state index contributed by atoms with van der Waals surface area (Å²) in [7, 11) is 0. The Kier molecular flexibility index (Phi) is 4.29. The molecule has 0 fully saturated rings. The van der Waals surface area contributed by atoms with Crippen LogP contribution in [0.3, 0.4) is 0 Å². The molecule has 3 nitrogen and oxygen atoms in total. The van der Waals surface area contributed by atoms with Crippen molar-refractivity contribution in [2.75, 3.05) is 6.61 Å². The topological polar surface area (TPSA) is 37.9 Å². The van der Waals surface area contributed by atoms with Crippen molar-refractivity contribution in [3.63, 3.8) is 0 Å². The minimum Gasteiger partial charge on any atom is -0.490 e. The Hall–Kier alpha value is -2.07. The number of aromatic amines is 1. The van der Waals surface area contributed by atoms with Gasteiger partial charge >= 0.3 is 0 Å². The van der Waals surface area contributed by atoms with Crippen LogP contribution in [0.1, 0.15) is 19.8 Å². The SMILES string of the molecule is CCCCOc1ccc(Cl)c(-c2nc3ccccc3[nH]2)c1F. The molecule has 22 heavy (non-hydrogen) atoms. The molecule has 1 aromatic heterocycles. The van der Waals surface area contributed by atoms with Gasteiger partial charge < -0.3 is 9.72 Å². The van der Waals surface area contributed by atoms with E-state index in [9.17, 15) is 4.39 Å². The van der Waals surface area contributed by atoms with Crippen molar-refractivity contribution < 1.29 is 9.13 Å². The lowest BCUT2D eigenvalue weighted by Crippen LogP contribution is -2.00. The van der Waals surface area contributed by atoms with Crippen LogP contribution in [0.4, 0.5) is 4.39 Å². The van der Waals surface area contributed by atoms with Crippen molar-refractivity contribution in [3.05, 3.63) is 47.2 Å². The zero-order valence-electron chi connectivity index (χ0n) is 12.2. The Morgan fingerprint density at radius 1 is 1.23 bits per heavy atom. The molecule has 0 saturated heterocycles. The molecule has 0 bridgehead atoms. The first kappa shape index (κ1) is 14.9. The van der Waals surface area contributed by atoms with E-state index in [0.29, 0.717) is 17.5 Å². The van der Waals surface area contributed by atoms with Crippen LogP contribution in [0.2, 0.25) is 5.02 Å². The number of ether oxygens (including phenoxy) is 1. The van der Waals surface area contributed by atoms with Gasteiger partial charge in [0.1, 0.15) is 5.82 Å². The first-order chi connectivity index (χ1) is 10.7. The quantitative estimate of drug-likeness (QED) is 0.656. The van der Waals surface area contributed by atoms with E-state index in [-0.39, 0.29) is 11.3 Å². The second-order valence-corrected chi connectivity index (χ2v) is 5.45. The van der Waals surface area contributed by atoms with Gasteiger partial charge in [-0.3, -0.25) is 0 Å². The molecule has 0 amide bonds. The molecule has 3 rings (SSSR count). The standard InChI is InChI=1S/C17H16ClFN2O/c1-2-3-10-22-14-9-8-11(18)15(16(14)19)17-20-12-6-4-5-7-13(12)21-17/h4-9H,2-3,10H2,1H3,(H,20,21). The van der Waals surface area contributed by atoms with E-state index in [1.165, 1.54) is 0 Å². The highest BCUT2D eigenvalue weighted by Gasteiger charge is 2.18. The minimum atomic E-state index is -0.484. The highest BCUT2D eigenvalue weighted by Crippen LogP contribution is 2.35. The molecule has 0 aliphatic heterocycles. The van der Waals surface area contributed by atoms with Crippen LogP contribution in [0.15, 0.2) is 36.4 Å². The van der Waals surface area contributed by atoms with Gasteiger partial charge in [0.25, 0.3) is 0 Å². The van der Waals surface area contributed by atoms with Crippen LogP contribution in [-0.4, -0.2) is 16.6 Å². The van der Waals surface area contributed by atoms with E-state index in [4.69, 9.17) is 16.3 Å². The Labute approximate surface area is 133 Å². The van der Waals surface area contributed by atoms with Gasteiger partial charge in [0.15, 0.2) is 11.6 Å². The Morgan fingerprint density at radius 3 is 2.82 bits per heavy atom. The number of nitrogens with one attached hydrogen (secondary N) is 1. The van der Waals surface area contributed by atoms with Crippen LogP contribution in [0.5, 0.6) is 5.75 Å². The van der Waals surface area contributed by atoms with Gasteiger partial charge in [0, 0.05) is 0 Å². The van der Waals surface area contributed by atoms with Crippen molar-refractivity contribution >= 4 is 22.6 Å². The fourth-order valence-corrected chi connectivity index (χ4v) is 2.50. The number of benzene rings is 2. The number of para-hydroxylation sites is 2. The van der Waals surface area contributed by atoms with Gasteiger partial charge in [-0.1, -0.05) is 37.1 Å². The number of aromatic nitrogens is 2. The molecular weight excluding hydrogens is 303 g/mol. The average molecular weight is 319 g/mol. The predicted molar refractivity (Wildman–Crippen MR) is 86.9 cm³/mol. The third kappa shape index (κ3) is 2.79. The van der Waals surface area contributed by atoms with Gasteiger partial charge in [-0.05, 0) is 30.7 Å². The summed E-state index contributed by atoms with van der Waals surface area (Å²) in [6, 6.07) is 10.7. The number of nitrogens with zero attached hydrogens (tertiary/aromatic N) is 1. The lowest BCUT2D eigenvalue weighted by molar-refractivity contribution is 0.294. The smallest absolute Gasteiger partial charge is 0.177 e. The number of imidazole rings is 1. The van der Waals surface area contributed by atoms with Crippen LogP contribution in [0.25, 0.3) is 22.4 Å². The van der Waals surface area contributed by atoms with Crippen LogP contribution < -0.4 is 4.74 Å². The van der Waals surface area contributed by atoms with Crippen molar-refractivity contribution in [2.45, 2.75) is 19.8 Å².